The maximum Gasteiger partial charge on any atom is 0.249 e. The second-order valence-corrected chi connectivity index (χ2v) is 24.6. The van der Waals surface area contributed by atoms with Gasteiger partial charge in [0.05, 0.1) is 25.4 Å². The third-order valence-electron chi connectivity index (χ3n) is 17.2. The van der Waals surface area contributed by atoms with Crippen molar-refractivity contribution in [2.45, 2.75) is 409 Å². The summed E-state index contributed by atoms with van der Waals surface area (Å²) in [6.45, 7) is 3.53. The number of amides is 1. The Morgan fingerprint density at radius 2 is 0.667 bits per heavy atom. The second kappa shape index (κ2) is 56.6. The predicted molar refractivity (Wildman–Crippen MR) is 326 cm³/mol. The van der Waals surface area contributed by atoms with Crippen LogP contribution >= 0.6 is 0 Å². The maximum atomic E-state index is 13.2. The molecule has 1 saturated heterocycles. The van der Waals surface area contributed by atoms with Crippen LogP contribution in [0.25, 0.3) is 0 Å². The molecular weight excluding hydrogens is 979 g/mol. The van der Waals surface area contributed by atoms with E-state index in [0.29, 0.717) is 19.3 Å². The molecule has 11 nitrogen and oxygen atoms in total. The van der Waals surface area contributed by atoms with Crippen molar-refractivity contribution >= 4 is 5.91 Å². The fraction of sp³-hybridized carbons (Fsp3) is 0.985. The SMILES string of the molecule is CCCCCCCCCCCCCCCCCCCCCCCCCCCCCC(O)C(O)C(COC1OC(CO)C(O)C(O)C1O)NC(=O)C(O)CCCCCCCCCCCCCCCCCCCCCCCCCC. The van der Waals surface area contributed by atoms with Crippen LogP contribution < -0.4 is 5.32 Å². The molecule has 9 atom stereocenters. The lowest BCUT2D eigenvalue weighted by Gasteiger charge is -2.40. The van der Waals surface area contributed by atoms with E-state index in [0.717, 1.165) is 38.5 Å². The fourth-order valence-corrected chi connectivity index (χ4v) is 11.6. The van der Waals surface area contributed by atoms with Gasteiger partial charge in [-0.25, -0.2) is 0 Å². The van der Waals surface area contributed by atoms with Crippen molar-refractivity contribution in [2.75, 3.05) is 13.2 Å². The van der Waals surface area contributed by atoms with Gasteiger partial charge in [-0.15, -0.1) is 0 Å². The molecule has 0 bridgehead atoms. The lowest BCUT2D eigenvalue weighted by molar-refractivity contribution is -0.303. The number of nitrogens with one attached hydrogen (secondary N) is 1. The van der Waals surface area contributed by atoms with Crippen LogP contribution in [0.15, 0.2) is 0 Å². The van der Waals surface area contributed by atoms with Gasteiger partial charge in [0.25, 0.3) is 0 Å². The van der Waals surface area contributed by atoms with Gasteiger partial charge in [0.15, 0.2) is 6.29 Å². The van der Waals surface area contributed by atoms with Crippen molar-refractivity contribution in [3.05, 3.63) is 0 Å². The van der Waals surface area contributed by atoms with Crippen molar-refractivity contribution in [3.8, 4) is 0 Å². The highest BCUT2D eigenvalue weighted by molar-refractivity contribution is 5.80. The Morgan fingerprint density at radius 3 is 0.949 bits per heavy atom. The summed E-state index contributed by atoms with van der Waals surface area (Å²) in [5, 5.41) is 76.5. The van der Waals surface area contributed by atoms with E-state index in [1.165, 1.54) is 276 Å². The highest BCUT2D eigenvalue weighted by Gasteiger charge is 2.44. The van der Waals surface area contributed by atoms with E-state index in [9.17, 15) is 40.5 Å². The first kappa shape index (κ1) is 75.1. The summed E-state index contributed by atoms with van der Waals surface area (Å²) in [7, 11) is 0. The third kappa shape index (κ3) is 43.7. The lowest BCUT2D eigenvalue weighted by Crippen LogP contribution is -2.60. The van der Waals surface area contributed by atoms with Crippen LogP contribution in [0.2, 0.25) is 0 Å². The van der Waals surface area contributed by atoms with Crippen LogP contribution in [-0.4, -0.2) is 110 Å². The molecular formula is C67H133NO10. The summed E-state index contributed by atoms with van der Waals surface area (Å²) in [5.41, 5.74) is 0. The normalized spacial score (nSPS) is 19.3. The fourth-order valence-electron chi connectivity index (χ4n) is 11.6. The molecule has 1 amide bonds. The highest BCUT2D eigenvalue weighted by Crippen LogP contribution is 2.24. The van der Waals surface area contributed by atoms with E-state index in [1.54, 1.807) is 0 Å². The minimum absolute atomic E-state index is 0.267. The largest absolute Gasteiger partial charge is 0.394 e. The molecule has 9 unspecified atom stereocenters. The van der Waals surface area contributed by atoms with Gasteiger partial charge < -0.3 is 50.5 Å². The molecule has 1 fully saturated rings. The van der Waals surface area contributed by atoms with Crippen molar-refractivity contribution in [2.24, 2.45) is 0 Å². The van der Waals surface area contributed by atoms with Crippen molar-refractivity contribution in [1.29, 1.82) is 0 Å². The molecule has 11 heteroatoms. The third-order valence-corrected chi connectivity index (χ3v) is 17.2. The van der Waals surface area contributed by atoms with Crippen LogP contribution in [0.5, 0.6) is 0 Å². The highest BCUT2D eigenvalue weighted by atomic mass is 16.7. The summed E-state index contributed by atoms with van der Waals surface area (Å²) in [5.74, 6) is -0.687. The molecule has 78 heavy (non-hydrogen) atoms. The summed E-state index contributed by atoms with van der Waals surface area (Å²) in [4.78, 5) is 13.2. The zero-order chi connectivity index (χ0) is 56.8. The first-order chi connectivity index (χ1) is 38.2. The van der Waals surface area contributed by atoms with Gasteiger partial charge in [0.1, 0.15) is 36.6 Å². The molecule has 0 saturated carbocycles. The molecule has 0 spiro atoms. The molecule has 0 aromatic rings. The molecule has 1 aliphatic rings. The molecule has 0 aromatic heterocycles. The lowest BCUT2D eigenvalue weighted by atomic mass is 9.98. The number of carbonyl (C=O) groups excluding carboxylic acids is 1. The minimum Gasteiger partial charge on any atom is -0.394 e. The standard InChI is InChI=1S/C67H133NO10/c1-3-5-7-9-11-13-15-17-19-21-23-25-27-29-30-31-33-34-36-38-40-42-44-46-48-50-52-54-59(70)62(72)58(57-77-67-65(75)64(74)63(73)61(56-69)78-67)68-66(76)60(71)55-53-51-49-47-45-43-41-39-37-35-32-28-26-24-22-20-18-16-14-12-10-8-6-4-2/h58-65,67,69-75H,3-57H2,1-2H3,(H,68,76). The molecule has 466 valence electrons. The van der Waals surface area contributed by atoms with Crippen LogP contribution in [-0.2, 0) is 14.3 Å². The molecule has 1 rings (SSSR count). The number of aliphatic hydroxyl groups excluding tert-OH is 7. The predicted octanol–water partition coefficient (Wildman–Crippen LogP) is 16.1. The summed E-state index contributed by atoms with van der Waals surface area (Å²) in [6, 6.07) is -1.16. The average Bonchev–Trinajstić information content (AvgIpc) is 3.46. The first-order valence-electron chi connectivity index (χ1n) is 34.4. The van der Waals surface area contributed by atoms with E-state index in [4.69, 9.17) is 9.47 Å². The van der Waals surface area contributed by atoms with Crippen molar-refractivity contribution in [3.63, 3.8) is 0 Å². The van der Waals surface area contributed by atoms with E-state index in [1.807, 2.05) is 0 Å². The number of carbonyl (C=O) groups is 1. The monoisotopic (exact) mass is 1110 g/mol. The van der Waals surface area contributed by atoms with Gasteiger partial charge in [-0.2, -0.15) is 0 Å². The molecule has 1 heterocycles. The molecule has 0 radical (unpaired) electrons. The van der Waals surface area contributed by atoms with Gasteiger partial charge in [0.2, 0.25) is 5.91 Å². The number of aliphatic hydroxyl groups is 7. The Balaban J connectivity index is 2.20. The summed E-state index contributed by atoms with van der Waals surface area (Å²) in [6.07, 6.45) is 56.0. The van der Waals surface area contributed by atoms with E-state index in [-0.39, 0.29) is 6.42 Å². The average molecular weight is 1110 g/mol. The maximum absolute atomic E-state index is 13.2. The summed E-state index contributed by atoms with van der Waals surface area (Å²) >= 11 is 0. The van der Waals surface area contributed by atoms with Gasteiger partial charge >= 0.3 is 0 Å². The Hall–Kier alpha value is -0.890. The van der Waals surface area contributed by atoms with Gasteiger partial charge in [-0.1, -0.05) is 341 Å². The van der Waals surface area contributed by atoms with Gasteiger partial charge in [-0.05, 0) is 12.8 Å². The quantitative estimate of drug-likeness (QED) is 0.0272. The zero-order valence-corrected chi connectivity index (χ0v) is 51.4. The second-order valence-electron chi connectivity index (χ2n) is 24.6. The van der Waals surface area contributed by atoms with E-state index < -0.39 is 74.2 Å². The summed E-state index contributed by atoms with van der Waals surface area (Å²) < 4.78 is 11.2. The number of rotatable bonds is 61. The zero-order valence-electron chi connectivity index (χ0n) is 51.4. The number of unbranched alkanes of at least 4 members (excludes halogenated alkanes) is 49. The molecule has 1 aliphatic heterocycles. The Bertz CT molecular complexity index is 1230. The molecule has 0 aliphatic carbocycles. The Morgan fingerprint density at radius 1 is 0.397 bits per heavy atom. The smallest absolute Gasteiger partial charge is 0.249 e. The Labute approximate surface area is 481 Å². The minimum atomic E-state index is -1.66. The van der Waals surface area contributed by atoms with Gasteiger partial charge in [0, 0.05) is 0 Å². The molecule has 0 aromatic carbocycles. The van der Waals surface area contributed by atoms with E-state index in [2.05, 4.69) is 19.2 Å². The topological polar surface area (TPSA) is 189 Å². The first-order valence-corrected chi connectivity index (χ1v) is 34.4. The van der Waals surface area contributed by atoms with Crippen LogP contribution in [0.4, 0.5) is 0 Å². The number of hydrogen-bond donors (Lipinski definition) is 8. The number of ether oxygens (including phenoxy) is 2. The Kier molecular flexibility index (Phi) is 54.5. The van der Waals surface area contributed by atoms with Crippen LogP contribution in [0.3, 0.4) is 0 Å². The van der Waals surface area contributed by atoms with Crippen molar-refractivity contribution < 1.29 is 50.0 Å². The van der Waals surface area contributed by atoms with Crippen molar-refractivity contribution in [1.82, 2.24) is 5.32 Å². The van der Waals surface area contributed by atoms with Gasteiger partial charge in [-0.3, -0.25) is 4.79 Å². The molecule has 8 N–H and O–H groups in total. The van der Waals surface area contributed by atoms with Crippen LogP contribution in [0.1, 0.15) is 354 Å². The number of hydrogen-bond acceptors (Lipinski definition) is 10. The van der Waals surface area contributed by atoms with Crippen LogP contribution in [0, 0.1) is 0 Å². The van der Waals surface area contributed by atoms with E-state index >= 15 is 0 Å².